The van der Waals surface area contributed by atoms with E-state index in [0.29, 0.717) is 18.8 Å². The topological polar surface area (TPSA) is 61.4 Å². The predicted octanol–water partition coefficient (Wildman–Crippen LogP) is 2.54. The maximum atomic E-state index is 12.4. The van der Waals surface area contributed by atoms with E-state index in [1.165, 1.54) is 12.0 Å². The molecule has 6 heteroatoms. The molecule has 2 amide bonds. The molecule has 0 aromatic heterocycles. The number of benzene rings is 1. The third kappa shape index (κ3) is 7.15. The van der Waals surface area contributed by atoms with Gasteiger partial charge in [0.15, 0.2) is 0 Å². The van der Waals surface area contributed by atoms with Crippen LogP contribution in [0.15, 0.2) is 30.3 Å². The predicted molar refractivity (Wildman–Crippen MR) is 110 cm³/mol. The molecule has 2 aliphatic rings. The van der Waals surface area contributed by atoms with Gasteiger partial charge in [-0.05, 0) is 56.7 Å². The van der Waals surface area contributed by atoms with Crippen molar-refractivity contribution in [2.24, 2.45) is 5.92 Å². The van der Waals surface area contributed by atoms with Crippen LogP contribution in [0.4, 0.5) is 0 Å². The first-order valence-corrected chi connectivity index (χ1v) is 10.0. The van der Waals surface area contributed by atoms with Gasteiger partial charge in [0.25, 0.3) is 0 Å². The summed E-state index contributed by atoms with van der Waals surface area (Å²) in [7, 11) is 0. The molecule has 5 nitrogen and oxygen atoms in total. The van der Waals surface area contributed by atoms with Gasteiger partial charge in [-0.2, -0.15) is 0 Å². The number of hydrogen-bond donors (Lipinski definition) is 2. The van der Waals surface area contributed by atoms with Crippen LogP contribution in [0.5, 0.6) is 0 Å². The molecule has 2 fully saturated rings. The second-order valence-electron chi connectivity index (χ2n) is 7.61. The molecule has 2 aliphatic heterocycles. The normalized spacial score (nSPS) is 20.1. The number of nitrogens with zero attached hydrogens (tertiary/aromatic N) is 1. The summed E-state index contributed by atoms with van der Waals surface area (Å²) in [6, 6.07) is 10.4. The van der Waals surface area contributed by atoms with Crippen LogP contribution in [0.2, 0.25) is 0 Å². The van der Waals surface area contributed by atoms with Gasteiger partial charge in [0.1, 0.15) is 0 Å². The van der Waals surface area contributed by atoms with Crippen LogP contribution in [-0.4, -0.2) is 48.9 Å². The summed E-state index contributed by atoms with van der Waals surface area (Å²) in [6.45, 7) is 3.65. The standard InChI is InChI=1S/C21H31N3O2.ClH/c25-20(8-6-18-10-13-22-16-18)23-19-11-14-24(15-12-19)21(26)9-7-17-4-2-1-3-5-17;/h1-5,18-19,22H,6-16H2,(H,23,25);1H. The highest BCUT2D eigenvalue weighted by Gasteiger charge is 2.24. The van der Waals surface area contributed by atoms with Crippen molar-refractivity contribution in [3.05, 3.63) is 35.9 Å². The van der Waals surface area contributed by atoms with E-state index in [9.17, 15) is 9.59 Å². The first-order valence-electron chi connectivity index (χ1n) is 10.0. The lowest BCUT2D eigenvalue weighted by atomic mass is 10.0. The molecule has 1 atom stereocenters. The van der Waals surface area contributed by atoms with Gasteiger partial charge in [-0.15, -0.1) is 12.4 Å². The van der Waals surface area contributed by atoms with Crippen LogP contribution in [0.25, 0.3) is 0 Å². The Morgan fingerprint density at radius 2 is 1.81 bits per heavy atom. The van der Waals surface area contributed by atoms with Crippen molar-refractivity contribution < 1.29 is 9.59 Å². The molecular formula is C21H32ClN3O2. The number of piperidine rings is 1. The van der Waals surface area contributed by atoms with Crippen molar-refractivity contribution in [3.63, 3.8) is 0 Å². The summed E-state index contributed by atoms with van der Waals surface area (Å²) in [5, 5.41) is 6.51. The largest absolute Gasteiger partial charge is 0.353 e. The van der Waals surface area contributed by atoms with Gasteiger partial charge in [0.05, 0.1) is 0 Å². The van der Waals surface area contributed by atoms with Crippen molar-refractivity contribution in [1.29, 1.82) is 0 Å². The molecule has 2 saturated heterocycles. The van der Waals surface area contributed by atoms with Crippen LogP contribution in [0.3, 0.4) is 0 Å². The maximum Gasteiger partial charge on any atom is 0.222 e. The fourth-order valence-corrected chi connectivity index (χ4v) is 3.92. The molecule has 0 spiro atoms. The minimum absolute atomic E-state index is 0. The Morgan fingerprint density at radius 3 is 2.48 bits per heavy atom. The number of nitrogens with one attached hydrogen (secondary N) is 2. The van der Waals surface area contributed by atoms with Crippen molar-refractivity contribution in [2.75, 3.05) is 26.2 Å². The Morgan fingerprint density at radius 1 is 1.07 bits per heavy atom. The molecule has 2 heterocycles. The lowest BCUT2D eigenvalue weighted by Gasteiger charge is -2.32. The highest BCUT2D eigenvalue weighted by Crippen LogP contribution is 2.16. The Kier molecular flexibility index (Phi) is 9.08. The minimum atomic E-state index is 0. The van der Waals surface area contributed by atoms with Crippen LogP contribution < -0.4 is 10.6 Å². The average Bonchev–Trinajstić information content (AvgIpc) is 3.19. The number of aryl methyl sites for hydroxylation is 1. The van der Waals surface area contributed by atoms with Crippen molar-refractivity contribution in [3.8, 4) is 0 Å². The maximum absolute atomic E-state index is 12.4. The fraction of sp³-hybridized carbons (Fsp3) is 0.619. The molecule has 0 aliphatic carbocycles. The molecule has 1 unspecified atom stereocenters. The third-order valence-corrected chi connectivity index (χ3v) is 5.63. The zero-order chi connectivity index (χ0) is 18.2. The number of carbonyl (C=O) groups is 2. The number of likely N-dealkylation sites (tertiary alicyclic amines) is 1. The van der Waals surface area contributed by atoms with E-state index >= 15 is 0 Å². The molecule has 150 valence electrons. The highest BCUT2D eigenvalue weighted by atomic mass is 35.5. The molecule has 27 heavy (non-hydrogen) atoms. The quantitative estimate of drug-likeness (QED) is 0.748. The summed E-state index contributed by atoms with van der Waals surface area (Å²) in [5.74, 6) is 1.06. The van der Waals surface area contributed by atoms with E-state index in [-0.39, 0.29) is 30.3 Å². The molecule has 2 N–H and O–H groups in total. The van der Waals surface area contributed by atoms with E-state index in [0.717, 1.165) is 51.9 Å². The van der Waals surface area contributed by atoms with E-state index in [4.69, 9.17) is 0 Å². The zero-order valence-electron chi connectivity index (χ0n) is 16.0. The van der Waals surface area contributed by atoms with Crippen molar-refractivity contribution >= 4 is 24.2 Å². The summed E-state index contributed by atoms with van der Waals surface area (Å²) in [5.41, 5.74) is 1.21. The zero-order valence-corrected chi connectivity index (χ0v) is 16.8. The van der Waals surface area contributed by atoms with Crippen LogP contribution >= 0.6 is 12.4 Å². The summed E-state index contributed by atoms with van der Waals surface area (Å²) < 4.78 is 0. The lowest BCUT2D eigenvalue weighted by molar-refractivity contribution is -0.132. The van der Waals surface area contributed by atoms with E-state index < -0.39 is 0 Å². The molecule has 0 bridgehead atoms. The number of amides is 2. The number of rotatable bonds is 7. The Hall–Kier alpha value is -1.59. The number of hydrogen-bond acceptors (Lipinski definition) is 3. The molecule has 0 radical (unpaired) electrons. The van der Waals surface area contributed by atoms with Gasteiger partial charge < -0.3 is 15.5 Å². The first kappa shape index (κ1) is 21.7. The fourth-order valence-electron chi connectivity index (χ4n) is 3.92. The first-order chi connectivity index (χ1) is 12.7. The number of halogens is 1. The Balaban J connectivity index is 0.00000261. The van der Waals surface area contributed by atoms with Crippen molar-refractivity contribution in [2.45, 2.75) is 51.0 Å². The smallest absolute Gasteiger partial charge is 0.222 e. The molecule has 0 saturated carbocycles. The second kappa shape index (κ2) is 11.3. The van der Waals surface area contributed by atoms with Gasteiger partial charge in [-0.1, -0.05) is 30.3 Å². The second-order valence-corrected chi connectivity index (χ2v) is 7.61. The average molecular weight is 394 g/mol. The van der Waals surface area contributed by atoms with Crippen molar-refractivity contribution in [1.82, 2.24) is 15.5 Å². The summed E-state index contributed by atoms with van der Waals surface area (Å²) >= 11 is 0. The van der Waals surface area contributed by atoms with Crippen LogP contribution in [0.1, 0.15) is 44.1 Å². The van der Waals surface area contributed by atoms with Crippen LogP contribution in [0, 0.1) is 5.92 Å². The Labute approximate surface area is 168 Å². The third-order valence-electron chi connectivity index (χ3n) is 5.63. The van der Waals surface area contributed by atoms with Gasteiger partial charge in [0, 0.05) is 32.0 Å². The molecular weight excluding hydrogens is 362 g/mol. The van der Waals surface area contributed by atoms with E-state index in [1.54, 1.807) is 0 Å². The van der Waals surface area contributed by atoms with Crippen LogP contribution in [-0.2, 0) is 16.0 Å². The number of carbonyl (C=O) groups excluding carboxylic acids is 2. The monoisotopic (exact) mass is 393 g/mol. The van der Waals surface area contributed by atoms with E-state index in [2.05, 4.69) is 22.8 Å². The lowest BCUT2D eigenvalue weighted by Crippen LogP contribution is -2.46. The van der Waals surface area contributed by atoms with E-state index in [1.807, 2.05) is 23.1 Å². The molecule has 1 aromatic carbocycles. The Bertz CT molecular complexity index is 582. The van der Waals surface area contributed by atoms with Gasteiger partial charge in [-0.25, -0.2) is 0 Å². The molecule has 3 rings (SSSR count). The summed E-state index contributed by atoms with van der Waals surface area (Å²) in [4.78, 5) is 26.5. The van der Waals surface area contributed by atoms with Gasteiger partial charge in [-0.3, -0.25) is 9.59 Å². The van der Waals surface area contributed by atoms with Gasteiger partial charge >= 0.3 is 0 Å². The summed E-state index contributed by atoms with van der Waals surface area (Å²) in [6.07, 6.45) is 5.90. The SMILES string of the molecule is Cl.O=C(CCC1CCNC1)NC1CCN(C(=O)CCc2ccccc2)CC1. The molecule has 1 aromatic rings. The highest BCUT2D eigenvalue weighted by molar-refractivity contribution is 5.85. The minimum Gasteiger partial charge on any atom is -0.353 e. The van der Waals surface area contributed by atoms with Gasteiger partial charge in [0.2, 0.25) is 11.8 Å².